The Balaban J connectivity index is 1.64. The number of carbonyl (C=O) groups is 2. The van der Waals surface area contributed by atoms with Crippen LogP contribution in [-0.2, 0) is 22.3 Å². The van der Waals surface area contributed by atoms with Gasteiger partial charge in [-0.05, 0) is 62.1 Å². The van der Waals surface area contributed by atoms with Gasteiger partial charge in [-0.1, -0.05) is 12.1 Å². The normalized spacial score (nSPS) is 25.7. The molecule has 0 aliphatic carbocycles. The second-order valence-corrected chi connectivity index (χ2v) is 11.4. The van der Waals surface area contributed by atoms with Crippen molar-refractivity contribution in [2.24, 2.45) is 5.92 Å². The minimum Gasteiger partial charge on any atom is -0.469 e. The zero-order chi connectivity index (χ0) is 29.5. The largest absolute Gasteiger partial charge is 0.469 e. The number of alkyl halides is 3. The van der Waals surface area contributed by atoms with Crippen molar-refractivity contribution in [1.29, 1.82) is 5.26 Å². The molecule has 3 aliphatic heterocycles. The van der Waals surface area contributed by atoms with Crippen LogP contribution in [0.5, 0.6) is 0 Å². The van der Waals surface area contributed by atoms with E-state index in [-0.39, 0.29) is 5.69 Å². The van der Waals surface area contributed by atoms with E-state index >= 15 is 0 Å². The third kappa shape index (κ3) is 5.31. The monoisotopic (exact) mass is 571 g/mol. The molecule has 3 aliphatic rings. The average molecular weight is 572 g/mol. The standard InChI is InChI=1S/C29H33F3N6O3/c1-18-24(26(39)41-3)25(23-11-10-19(16-33)14-20(23)17-38(2)12-5-4-6-13-38)37-27(34-35-28(37)40)36(18)22-9-7-8-21(15-22)29(30,31)32/h7-11,14-15,18,24-25,27,34H,4-6,12-13,17H2,1-3H3/p+1/t18?,24?,25-,27?/m0/s1. The topological polar surface area (TPSA) is 97.7 Å². The Hall–Kier alpha value is -3.82. The van der Waals surface area contributed by atoms with E-state index in [1.54, 1.807) is 24.0 Å². The fourth-order valence-electron chi connectivity index (χ4n) is 6.66. The minimum absolute atomic E-state index is 0.199. The third-order valence-corrected chi connectivity index (χ3v) is 8.65. The average Bonchev–Trinajstić information content (AvgIpc) is 3.32. The molecule has 5 rings (SSSR count). The number of hydrogen-bond acceptors (Lipinski definition) is 6. The van der Waals surface area contributed by atoms with Crippen molar-refractivity contribution < 1.29 is 32.0 Å². The van der Waals surface area contributed by atoms with Crippen molar-refractivity contribution in [1.82, 2.24) is 15.8 Å². The first-order valence-corrected chi connectivity index (χ1v) is 13.7. The lowest BCUT2D eigenvalue weighted by molar-refractivity contribution is -0.926. The van der Waals surface area contributed by atoms with E-state index in [0.29, 0.717) is 17.7 Å². The van der Waals surface area contributed by atoms with Gasteiger partial charge in [0.25, 0.3) is 0 Å². The number of anilines is 1. The number of amides is 2. The highest BCUT2D eigenvalue weighted by atomic mass is 19.4. The molecule has 0 bridgehead atoms. The Morgan fingerprint density at radius 3 is 2.54 bits per heavy atom. The second kappa shape index (κ2) is 10.9. The molecular weight excluding hydrogens is 537 g/mol. The summed E-state index contributed by atoms with van der Waals surface area (Å²) in [5.41, 5.74) is 6.91. The van der Waals surface area contributed by atoms with E-state index in [9.17, 15) is 28.0 Å². The summed E-state index contributed by atoms with van der Waals surface area (Å²) in [6.07, 6.45) is -2.13. The fourth-order valence-corrected chi connectivity index (χ4v) is 6.66. The van der Waals surface area contributed by atoms with Gasteiger partial charge in [-0.2, -0.15) is 23.9 Å². The summed E-state index contributed by atoms with van der Waals surface area (Å²) in [6.45, 7) is 4.29. The molecule has 0 aromatic heterocycles. The number of hydrogen-bond donors (Lipinski definition) is 2. The van der Waals surface area contributed by atoms with E-state index in [4.69, 9.17) is 4.74 Å². The van der Waals surface area contributed by atoms with E-state index in [1.165, 1.54) is 24.1 Å². The molecule has 0 radical (unpaired) electrons. The summed E-state index contributed by atoms with van der Waals surface area (Å²) in [5.74, 6) is -1.54. The van der Waals surface area contributed by atoms with Crippen LogP contribution in [-0.4, -0.2) is 61.0 Å². The number of ether oxygens (including phenoxy) is 1. The van der Waals surface area contributed by atoms with E-state index in [1.807, 2.05) is 6.07 Å². The molecular formula is C29H34F3N6O3+. The Labute approximate surface area is 237 Å². The molecule has 218 valence electrons. The summed E-state index contributed by atoms with van der Waals surface area (Å²) >= 11 is 0. The molecule has 2 amide bonds. The van der Waals surface area contributed by atoms with E-state index < -0.39 is 48.0 Å². The maximum Gasteiger partial charge on any atom is 0.416 e. The highest BCUT2D eigenvalue weighted by Gasteiger charge is 2.55. The quantitative estimate of drug-likeness (QED) is 0.411. The number of likely N-dealkylation sites (tertiary alicyclic amines) is 1. The molecule has 0 saturated carbocycles. The zero-order valence-electron chi connectivity index (χ0n) is 23.2. The number of esters is 1. The molecule has 2 aromatic rings. The van der Waals surface area contributed by atoms with Gasteiger partial charge in [0.2, 0.25) is 0 Å². The van der Waals surface area contributed by atoms with E-state index in [0.717, 1.165) is 54.5 Å². The van der Waals surface area contributed by atoms with Crippen LogP contribution in [0.3, 0.4) is 0 Å². The number of nitrogens with zero attached hydrogens (tertiary/aromatic N) is 4. The van der Waals surface area contributed by atoms with Gasteiger partial charge in [0.15, 0.2) is 6.29 Å². The van der Waals surface area contributed by atoms with Crippen molar-refractivity contribution in [2.75, 3.05) is 32.1 Å². The zero-order valence-corrected chi connectivity index (χ0v) is 23.2. The maximum absolute atomic E-state index is 13.6. The molecule has 9 nitrogen and oxygen atoms in total. The lowest BCUT2D eigenvalue weighted by Gasteiger charge is -2.52. The van der Waals surface area contributed by atoms with Crippen LogP contribution in [0.4, 0.5) is 23.7 Å². The summed E-state index contributed by atoms with van der Waals surface area (Å²) < 4.78 is 46.9. The van der Waals surface area contributed by atoms with Crippen molar-refractivity contribution in [3.8, 4) is 6.07 Å². The Bertz CT molecular complexity index is 1370. The van der Waals surface area contributed by atoms with Crippen LogP contribution in [0, 0.1) is 17.2 Å². The Morgan fingerprint density at radius 1 is 1.15 bits per heavy atom. The Kier molecular flexibility index (Phi) is 7.61. The molecule has 41 heavy (non-hydrogen) atoms. The number of methoxy groups -OCH3 is 1. The molecule has 2 N–H and O–H groups in total. The summed E-state index contributed by atoms with van der Waals surface area (Å²) in [6, 6.07) is 10.3. The number of urea groups is 1. The molecule has 3 fully saturated rings. The van der Waals surface area contributed by atoms with Crippen LogP contribution in [0.25, 0.3) is 0 Å². The van der Waals surface area contributed by atoms with Crippen molar-refractivity contribution in [2.45, 2.75) is 57.3 Å². The molecule has 4 atom stereocenters. The van der Waals surface area contributed by atoms with Gasteiger partial charge in [-0.25, -0.2) is 4.79 Å². The SMILES string of the molecule is COC(=O)C1C(C)N(c2cccc(C(F)(F)F)c2)C2NNC(=O)N2[C@H]1c1ccc(C#N)cc1C[N+]1(C)CCCCC1. The van der Waals surface area contributed by atoms with Crippen molar-refractivity contribution in [3.05, 3.63) is 64.7 Å². The first-order valence-electron chi connectivity index (χ1n) is 13.7. The minimum atomic E-state index is -4.57. The third-order valence-electron chi connectivity index (χ3n) is 8.65. The number of fused-ring (bicyclic) bond motifs is 1. The fraction of sp³-hybridized carbons (Fsp3) is 0.483. The van der Waals surface area contributed by atoms with Crippen LogP contribution in [0.1, 0.15) is 54.5 Å². The Morgan fingerprint density at radius 2 is 1.88 bits per heavy atom. The van der Waals surface area contributed by atoms with Crippen LogP contribution < -0.4 is 15.8 Å². The lowest BCUT2D eigenvalue weighted by Crippen LogP contribution is -2.65. The number of piperidine rings is 1. The molecule has 0 spiro atoms. The highest BCUT2D eigenvalue weighted by Crippen LogP contribution is 2.45. The number of hydrazine groups is 1. The smallest absolute Gasteiger partial charge is 0.416 e. The summed E-state index contributed by atoms with van der Waals surface area (Å²) in [4.78, 5) is 29.9. The molecule has 12 heteroatoms. The van der Waals surface area contributed by atoms with Crippen LogP contribution >= 0.6 is 0 Å². The lowest BCUT2D eigenvalue weighted by atomic mass is 9.81. The molecule has 3 heterocycles. The van der Waals surface area contributed by atoms with Gasteiger partial charge in [-0.3, -0.25) is 15.1 Å². The van der Waals surface area contributed by atoms with Crippen LogP contribution in [0.15, 0.2) is 42.5 Å². The number of quaternary nitrogens is 1. The molecule has 2 aromatic carbocycles. The number of nitriles is 1. The second-order valence-electron chi connectivity index (χ2n) is 11.4. The van der Waals surface area contributed by atoms with E-state index in [2.05, 4.69) is 24.0 Å². The van der Waals surface area contributed by atoms with Gasteiger partial charge in [0.1, 0.15) is 12.5 Å². The number of halogens is 3. The number of nitrogens with one attached hydrogen (secondary N) is 2. The van der Waals surface area contributed by atoms with Gasteiger partial charge >= 0.3 is 18.2 Å². The maximum atomic E-state index is 13.6. The van der Waals surface area contributed by atoms with Gasteiger partial charge < -0.3 is 14.1 Å². The van der Waals surface area contributed by atoms with Crippen LogP contribution in [0.2, 0.25) is 0 Å². The molecule has 3 unspecified atom stereocenters. The van der Waals surface area contributed by atoms with Gasteiger partial charge in [-0.15, -0.1) is 0 Å². The number of carbonyl (C=O) groups excluding carboxylic acids is 2. The highest BCUT2D eigenvalue weighted by molar-refractivity contribution is 5.82. The van der Waals surface area contributed by atoms with Gasteiger partial charge in [0, 0.05) is 17.3 Å². The summed E-state index contributed by atoms with van der Waals surface area (Å²) in [5, 5.41) is 9.69. The number of benzene rings is 2. The first-order chi connectivity index (χ1) is 19.5. The van der Waals surface area contributed by atoms with Crippen molar-refractivity contribution >= 4 is 17.7 Å². The predicted octanol–water partition coefficient (Wildman–Crippen LogP) is 4.26. The van der Waals surface area contributed by atoms with Gasteiger partial charge in [0.05, 0.1) is 50.5 Å². The molecule has 3 saturated heterocycles. The van der Waals surface area contributed by atoms with Crippen molar-refractivity contribution in [3.63, 3.8) is 0 Å². The first kappa shape index (κ1) is 28.7. The predicted molar refractivity (Wildman–Crippen MR) is 144 cm³/mol. The number of rotatable bonds is 5. The summed E-state index contributed by atoms with van der Waals surface area (Å²) in [7, 11) is 3.43.